The first kappa shape index (κ1) is 17.4. The fourth-order valence-electron chi connectivity index (χ4n) is 2.41. The number of hydrogen-bond donors (Lipinski definition) is 2. The molecule has 0 fully saturated rings. The van der Waals surface area contributed by atoms with E-state index in [1.807, 2.05) is 0 Å². The minimum atomic E-state index is 0.171. The van der Waals surface area contributed by atoms with Gasteiger partial charge < -0.3 is 11.1 Å². The van der Waals surface area contributed by atoms with Crippen molar-refractivity contribution in [2.75, 3.05) is 6.54 Å². The minimum absolute atomic E-state index is 0.171. The number of amides is 1. The third-order valence-corrected chi connectivity index (χ3v) is 3.99. The number of nitrogens with two attached hydrogens (primary N) is 1. The summed E-state index contributed by atoms with van der Waals surface area (Å²) in [5.41, 5.74) is 5.75. The van der Waals surface area contributed by atoms with Gasteiger partial charge in [0.15, 0.2) is 0 Å². The summed E-state index contributed by atoms with van der Waals surface area (Å²) in [6.45, 7) is 11.5. The zero-order valence-electron chi connectivity index (χ0n) is 12.9. The van der Waals surface area contributed by atoms with Gasteiger partial charge in [-0.3, -0.25) is 4.79 Å². The molecule has 0 aromatic rings. The van der Waals surface area contributed by atoms with Crippen LogP contribution in [0.3, 0.4) is 0 Å². The number of carbonyl (C=O) groups excluding carboxylic acids is 1. The van der Waals surface area contributed by atoms with Crippen LogP contribution in [0.4, 0.5) is 0 Å². The molecule has 108 valence electrons. The van der Waals surface area contributed by atoms with E-state index < -0.39 is 0 Å². The Kier molecular flexibility index (Phi) is 8.25. The van der Waals surface area contributed by atoms with Gasteiger partial charge in [0.2, 0.25) is 5.91 Å². The Hall–Kier alpha value is -0.570. The summed E-state index contributed by atoms with van der Waals surface area (Å²) in [7, 11) is 0. The van der Waals surface area contributed by atoms with Crippen molar-refractivity contribution in [3.05, 3.63) is 0 Å². The third-order valence-electron chi connectivity index (χ3n) is 3.99. The average molecular weight is 256 g/mol. The first-order valence-corrected chi connectivity index (χ1v) is 7.35. The molecule has 18 heavy (non-hydrogen) atoms. The lowest BCUT2D eigenvalue weighted by molar-refractivity contribution is -0.122. The second kappa shape index (κ2) is 8.52. The Morgan fingerprint density at radius 1 is 1.22 bits per heavy atom. The Morgan fingerprint density at radius 3 is 2.22 bits per heavy atom. The zero-order chi connectivity index (χ0) is 14.2. The fourth-order valence-corrected chi connectivity index (χ4v) is 2.41. The zero-order valence-corrected chi connectivity index (χ0v) is 12.9. The molecule has 0 saturated carbocycles. The van der Waals surface area contributed by atoms with Gasteiger partial charge in [-0.05, 0) is 37.6 Å². The van der Waals surface area contributed by atoms with Crippen LogP contribution in [0.25, 0.3) is 0 Å². The molecule has 1 amide bonds. The van der Waals surface area contributed by atoms with Crippen molar-refractivity contribution in [3.8, 4) is 0 Å². The van der Waals surface area contributed by atoms with E-state index in [2.05, 4.69) is 39.9 Å². The average Bonchev–Trinajstić information content (AvgIpc) is 2.28. The van der Waals surface area contributed by atoms with Crippen LogP contribution in [0.5, 0.6) is 0 Å². The van der Waals surface area contributed by atoms with Crippen molar-refractivity contribution in [1.82, 2.24) is 5.32 Å². The van der Waals surface area contributed by atoms with Gasteiger partial charge >= 0.3 is 0 Å². The Morgan fingerprint density at radius 2 is 1.78 bits per heavy atom. The summed E-state index contributed by atoms with van der Waals surface area (Å²) in [5, 5.41) is 3.13. The van der Waals surface area contributed by atoms with Gasteiger partial charge in [-0.2, -0.15) is 0 Å². The lowest BCUT2D eigenvalue weighted by Crippen LogP contribution is -2.38. The molecule has 3 heteroatoms. The van der Waals surface area contributed by atoms with Crippen LogP contribution in [0.2, 0.25) is 0 Å². The molecule has 0 saturated heterocycles. The molecule has 0 aliphatic rings. The molecule has 0 bridgehead atoms. The van der Waals surface area contributed by atoms with Crippen molar-refractivity contribution in [1.29, 1.82) is 0 Å². The molecule has 0 aromatic heterocycles. The quantitative estimate of drug-likeness (QED) is 0.666. The molecule has 0 heterocycles. The second-order valence-corrected chi connectivity index (χ2v) is 6.14. The van der Waals surface area contributed by atoms with Crippen molar-refractivity contribution < 1.29 is 4.79 Å². The Balaban J connectivity index is 4.04. The highest BCUT2D eigenvalue weighted by molar-refractivity contribution is 5.76. The second-order valence-electron chi connectivity index (χ2n) is 6.14. The number of nitrogens with one attached hydrogen (secondary N) is 1. The van der Waals surface area contributed by atoms with Crippen molar-refractivity contribution in [3.63, 3.8) is 0 Å². The SMILES string of the molecule is CCC(CC)C(C)NC(=O)CCC(C)(C)CCN. The number of rotatable bonds is 9. The molecular formula is C15H32N2O. The lowest BCUT2D eigenvalue weighted by Gasteiger charge is -2.25. The molecule has 0 aliphatic heterocycles. The van der Waals surface area contributed by atoms with Crippen molar-refractivity contribution in [2.24, 2.45) is 17.1 Å². The first-order chi connectivity index (χ1) is 8.36. The summed E-state index contributed by atoms with van der Waals surface area (Å²) in [6.07, 6.45) is 4.73. The van der Waals surface area contributed by atoms with Gasteiger partial charge in [-0.15, -0.1) is 0 Å². The summed E-state index contributed by atoms with van der Waals surface area (Å²) in [4.78, 5) is 11.9. The molecule has 0 aliphatic carbocycles. The highest BCUT2D eigenvalue weighted by Gasteiger charge is 2.20. The van der Waals surface area contributed by atoms with Gasteiger partial charge in [-0.1, -0.05) is 40.5 Å². The Labute approximate surface area is 113 Å². The minimum Gasteiger partial charge on any atom is -0.353 e. The number of hydrogen-bond acceptors (Lipinski definition) is 2. The van der Waals surface area contributed by atoms with E-state index in [4.69, 9.17) is 5.73 Å². The largest absolute Gasteiger partial charge is 0.353 e. The van der Waals surface area contributed by atoms with Gasteiger partial charge in [0.1, 0.15) is 0 Å². The van der Waals surface area contributed by atoms with E-state index in [9.17, 15) is 4.79 Å². The predicted octanol–water partition coefficient (Wildman–Crippen LogP) is 3.08. The normalized spacial score (nSPS) is 13.7. The van der Waals surface area contributed by atoms with Crippen LogP contribution in [0, 0.1) is 11.3 Å². The molecule has 0 spiro atoms. The molecule has 1 unspecified atom stereocenters. The van der Waals surface area contributed by atoms with E-state index >= 15 is 0 Å². The van der Waals surface area contributed by atoms with E-state index in [1.165, 1.54) is 0 Å². The molecule has 1 atom stereocenters. The summed E-state index contributed by atoms with van der Waals surface area (Å²) in [5.74, 6) is 0.769. The summed E-state index contributed by atoms with van der Waals surface area (Å²) in [6, 6.07) is 0.283. The van der Waals surface area contributed by atoms with E-state index in [-0.39, 0.29) is 17.4 Å². The molecule has 0 radical (unpaired) electrons. The van der Waals surface area contributed by atoms with Crippen molar-refractivity contribution >= 4 is 5.91 Å². The van der Waals surface area contributed by atoms with Gasteiger partial charge in [0, 0.05) is 12.5 Å². The van der Waals surface area contributed by atoms with Crippen LogP contribution in [-0.4, -0.2) is 18.5 Å². The molecule has 0 rings (SSSR count). The molecule has 3 nitrogen and oxygen atoms in total. The standard InChI is InChI=1S/C15H32N2O/c1-6-13(7-2)12(3)17-14(18)8-9-15(4,5)10-11-16/h12-13H,6-11,16H2,1-5H3,(H,17,18). The number of carbonyl (C=O) groups is 1. The van der Waals surface area contributed by atoms with Crippen molar-refractivity contribution in [2.45, 2.75) is 72.8 Å². The monoisotopic (exact) mass is 256 g/mol. The van der Waals surface area contributed by atoms with Crippen LogP contribution in [0.15, 0.2) is 0 Å². The smallest absolute Gasteiger partial charge is 0.220 e. The maximum absolute atomic E-state index is 11.9. The highest BCUT2D eigenvalue weighted by atomic mass is 16.1. The van der Waals surface area contributed by atoms with Crippen LogP contribution >= 0.6 is 0 Å². The lowest BCUT2D eigenvalue weighted by atomic mass is 9.84. The van der Waals surface area contributed by atoms with E-state index in [0.717, 1.165) is 25.7 Å². The predicted molar refractivity (Wildman–Crippen MR) is 78.4 cm³/mol. The first-order valence-electron chi connectivity index (χ1n) is 7.35. The van der Waals surface area contributed by atoms with Gasteiger partial charge in [0.25, 0.3) is 0 Å². The van der Waals surface area contributed by atoms with Gasteiger partial charge in [-0.25, -0.2) is 0 Å². The van der Waals surface area contributed by atoms with E-state index in [1.54, 1.807) is 0 Å². The molecule has 3 N–H and O–H groups in total. The van der Waals surface area contributed by atoms with Crippen LogP contribution < -0.4 is 11.1 Å². The maximum Gasteiger partial charge on any atom is 0.220 e. The third kappa shape index (κ3) is 7.00. The molecular weight excluding hydrogens is 224 g/mol. The highest BCUT2D eigenvalue weighted by Crippen LogP contribution is 2.25. The molecule has 0 aromatic carbocycles. The van der Waals surface area contributed by atoms with E-state index in [0.29, 0.717) is 18.9 Å². The maximum atomic E-state index is 11.9. The van der Waals surface area contributed by atoms with Crippen LogP contribution in [0.1, 0.15) is 66.7 Å². The van der Waals surface area contributed by atoms with Crippen LogP contribution in [-0.2, 0) is 4.79 Å². The summed E-state index contributed by atoms with van der Waals surface area (Å²) >= 11 is 0. The topological polar surface area (TPSA) is 55.1 Å². The van der Waals surface area contributed by atoms with Gasteiger partial charge in [0.05, 0.1) is 0 Å². The summed E-state index contributed by atoms with van der Waals surface area (Å²) < 4.78 is 0. The fraction of sp³-hybridized carbons (Fsp3) is 0.933. The Bertz CT molecular complexity index is 235.